The molecule has 1 fully saturated rings. The van der Waals surface area contributed by atoms with Crippen LogP contribution in [0.1, 0.15) is 52.4 Å². The Labute approximate surface area is 159 Å². The van der Waals surface area contributed by atoms with Gasteiger partial charge < -0.3 is 18.8 Å². The predicted molar refractivity (Wildman–Crippen MR) is 98.0 cm³/mol. The number of hydrogen-bond donors (Lipinski definition) is 0. The van der Waals surface area contributed by atoms with Crippen LogP contribution in [0.25, 0.3) is 0 Å². The standard InChI is InChI=1S/C18H25BClFO5/c1-7-24-14(22)10-11(19-25-17(2,3)18(4,5)26-19)15-12(20)8-9-13(23-6)16(15)21/h8-9,11H,7,10H2,1-6H3. The number of hydrogen-bond acceptors (Lipinski definition) is 5. The van der Waals surface area contributed by atoms with Crippen molar-refractivity contribution in [1.82, 2.24) is 0 Å². The zero-order valence-electron chi connectivity index (χ0n) is 16.0. The maximum Gasteiger partial charge on any atom is 0.466 e. The van der Waals surface area contributed by atoms with Crippen LogP contribution in [-0.4, -0.2) is 38.0 Å². The maximum absolute atomic E-state index is 15.0. The number of halogens is 2. The molecule has 1 aliphatic rings. The molecule has 1 aliphatic heterocycles. The minimum Gasteiger partial charge on any atom is -0.494 e. The molecule has 0 N–H and O–H groups in total. The second-order valence-electron chi connectivity index (χ2n) is 7.22. The third kappa shape index (κ3) is 4.00. The normalized spacial score (nSPS) is 19.3. The average molecular weight is 387 g/mol. The number of ether oxygens (including phenoxy) is 2. The minimum atomic E-state index is -0.858. The van der Waals surface area contributed by atoms with Gasteiger partial charge in [-0.05, 0) is 46.8 Å². The van der Waals surface area contributed by atoms with Crippen LogP contribution in [-0.2, 0) is 18.8 Å². The molecule has 2 rings (SSSR count). The van der Waals surface area contributed by atoms with Gasteiger partial charge in [-0.2, -0.15) is 0 Å². The summed E-state index contributed by atoms with van der Waals surface area (Å²) in [6.07, 6.45) is -0.130. The Morgan fingerprint density at radius 3 is 2.35 bits per heavy atom. The van der Waals surface area contributed by atoms with Gasteiger partial charge in [0, 0.05) is 16.4 Å². The summed E-state index contributed by atoms with van der Waals surface area (Å²) < 4.78 is 37.2. The summed E-state index contributed by atoms with van der Waals surface area (Å²) in [5.74, 6) is -1.86. The first-order chi connectivity index (χ1) is 12.0. The van der Waals surface area contributed by atoms with Gasteiger partial charge >= 0.3 is 13.1 Å². The number of esters is 1. The van der Waals surface area contributed by atoms with E-state index in [0.717, 1.165) is 0 Å². The summed E-state index contributed by atoms with van der Waals surface area (Å²) in [5, 5.41) is 0.173. The molecule has 1 atom stereocenters. The zero-order chi connectivity index (χ0) is 19.7. The van der Waals surface area contributed by atoms with Crippen LogP contribution in [0.5, 0.6) is 5.75 Å². The number of rotatable bonds is 6. The second-order valence-corrected chi connectivity index (χ2v) is 7.62. The van der Waals surface area contributed by atoms with E-state index in [2.05, 4.69) is 0 Å². The third-order valence-electron chi connectivity index (χ3n) is 4.97. The van der Waals surface area contributed by atoms with Gasteiger partial charge in [0.2, 0.25) is 0 Å². The Morgan fingerprint density at radius 2 is 1.85 bits per heavy atom. The summed E-state index contributed by atoms with van der Waals surface area (Å²) >= 11 is 6.28. The van der Waals surface area contributed by atoms with Crippen molar-refractivity contribution < 1.29 is 28.0 Å². The first-order valence-electron chi connectivity index (χ1n) is 8.57. The van der Waals surface area contributed by atoms with Gasteiger partial charge in [-0.15, -0.1) is 0 Å². The van der Waals surface area contributed by atoms with E-state index in [4.69, 9.17) is 30.4 Å². The molecular weight excluding hydrogens is 361 g/mol. The molecule has 0 saturated carbocycles. The van der Waals surface area contributed by atoms with Crippen LogP contribution < -0.4 is 4.74 Å². The molecule has 26 heavy (non-hydrogen) atoms. The smallest absolute Gasteiger partial charge is 0.466 e. The fourth-order valence-corrected chi connectivity index (χ4v) is 3.12. The Bertz CT molecular complexity index is 664. The van der Waals surface area contributed by atoms with Crippen molar-refractivity contribution in [2.45, 2.75) is 58.1 Å². The number of carbonyl (C=O) groups excluding carboxylic acids is 1. The van der Waals surface area contributed by atoms with Crippen molar-refractivity contribution in [2.24, 2.45) is 0 Å². The van der Waals surface area contributed by atoms with Crippen LogP contribution >= 0.6 is 11.6 Å². The van der Waals surface area contributed by atoms with Crippen molar-refractivity contribution in [3.8, 4) is 5.75 Å². The fraction of sp³-hybridized carbons (Fsp3) is 0.611. The van der Waals surface area contributed by atoms with Crippen molar-refractivity contribution in [3.05, 3.63) is 28.5 Å². The lowest BCUT2D eigenvalue weighted by molar-refractivity contribution is -0.143. The zero-order valence-corrected chi connectivity index (χ0v) is 16.8. The van der Waals surface area contributed by atoms with E-state index in [-0.39, 0.29) is 29.4 Å². The lowest BCUT2D eigenvalue weighted by Crippen LogP contribution is -2.41. The molecule has 1 saturated heterocycles. The number of methoxy groups -OCH3 is 1. The van der Waals surface area contributed by atoms with Gasteiger partial charge in [0.1, 0.15) is 0 Å². The van der Waals surface area contributed by atoms with Gasteiger partial charge in [0.15, 0.2) is 11.6 Å². The van der Waals surface area contributed by atoms with E-state index in [1.165, 1.54) is 19.2 Å². The van der Waals surface area contributed by atoms with Crippen molar-refractivity contribution in [3.63, 3.8) is 0 Å². The molecule has 0 spiro atoms. The number of benzene rings is 1. The van der Waals surface area contributed by atoms with Gasteiger partial charge in [-0.3, -0.25) is 4.79 Å². The largest absolute Gasteiger partial charge is 0.494 e. The lowest BCUT2D eigenvalue weighted by atomic mass is 9.66. The van der Waals surface area contributed by atoms with Gasteiger partial charge in [0.05, 0.1) is 31.3 Å². The number of carbonyl (C=O) groups is 1. The second kappa shape index (κ2) is 7.75. The highest BCUT2D eigenvalue weighted by atomic mass is 35.5. The molecule has 8 heteroatoms. The van der Waals surface area contributed by atoms with Crippen LogP contribution in [0.3, 0.4) is 0 Å². The van der Waals surface area contributed by atoms with E-state index < -0.39 is 35.9 Å². The SMILES string of the molecule is CCOC(=O)CC(B1OC(C)(C)C(C)(C)O1)c1c(Cl)ccc(OC)c1F. The van der Waals surface area contributed by atoms with E-state index in [1.807, 2.05) is 27.7 Å². The lowest BCUT2D eigenvalue weighted by Gasteiger charge is -2.32. The van der Waals surface area contributed by atoms with E-state index in [1.54, 1.807) is 6.92 Å². The molecule has 1 unspecified atom stereocenters. The summed E-state index contributed by atoms with van der Waals surface area (Å²) in [6, 6.07) is 2.97. The average Bonchev–Trinajstić information content (AvgIpc) is 2.74. The third-order valence-corrected chi connectivity index (χ3v) is 5.30. The predicted octanol–water partition coefficient (Wildman–Crippen LogP) is 4.16. The van der Waals surface area contributed by atoms with E-state index in [0.29, 0.717) is 0 Å². The van der Waals surface area contributed by atoms with Crippen LogP contribution in [0.4, 0.5) is 4.39 Å². The Hall–Kier alpha value is -1.31. The highest BCUT2D eigenvalue weighted by Crippen LogP contribution is 2.44. The van der Waals surface area contributed by atoms with Gasteiger partial charge in [-0.1, -0.05) is 11.6 Å². The summed E-state index contributed by atoms with van der Waals surface area (Å²) in [5.41, 5.74) is -1.14. The maximum atomic E-state index is 15.0. The molecule has 0 aromatic heterocycles. The minimum absolute atomic E-state index is 0.0368. The van der Waals surface area contributed by atoms with Gasteiger partial charge in [0.25, 0.3) is 0 Å². The van der Waals surface area contributed by atoms with Gasteiger partial charge in [-0.25, -0.2) is 4.39 Å². The van der Waals surface area contributed by atoms with Crippen molar-refractivity contribution in [1.29, 1.82) is 0 Å². The van der Waals surface area contributed by atoms with Crippen LogP contribution in [0.15, 0.2) is 12.1 Å². The molecule has 1 heterocycles. The highest BCUT2D eigenvalue weighted by Gasteiger charge is 2.55. The van der Waals surface area contributed by atoms with E-state index >= 15 is 0 Å². The molecule has 5 nitrogen and oxygen atoms in total. The molecule has 1 aromatic rings. The monoisotopic (exact) mass is 386 g/mol. The molecule has 0 radical (unpaired) electrons. The van der Waals surface area contributed by atoms with Crippen LogP contribution in [0, 0.1) is 5.82 Å². The van der Waals surface area contributed by atoms with E-state index in [9.17, 15) is 9.18 Å². The fourth-order valence-electron chi connectivity index (χ4n) is 2.83. The molecule has 0 amide bonds. The summed E-state index contributed by atoms with van der Waals surface area (Å²) in [6.45, 7) is 9.48. The Kier molecular flexibility index (Phi) is 6.26. The first kappa shape index (κ1) is 21.0. The first-order valence-corrected chi connectivity index (χ1v) is 8.95. The molecule has 0 bridgehead atoms. The van der Waals surface area contributed by atoms with Crippen molar-refractivity contribution in [2.75, 3.05) is 13.7 Å². The summed E-state index contributed by atoms with van der Waals surface area (Å²) in [4.78, 5) is 12.2. The molecular formula is C18H25BClFO5. The quantitative estimate of drug-likeness (QED) is 0.543. The Morgan fingerprint density at radius 1 is 1.27 bits per heavy atom. The summed E-state index contributed by atoms with van der Waals surface area (Å²) in [7, 11) is 0.508. The topological polar surface area (TPSA) is 54.0 Å². The Balaban J connectivity index is 2.48. The molecule has 144 valence electrons. The molecule has 1 aromatic carbocycles. The molecule has 0 aliphatic carbocycles. The van der Waals surface area contributed by atoms with Crippen LogP contribution in [0.2, 0.25) is 5.02 Å². The van der Waals surface area contributed by atoms with Crippen molar-refractivity contribution >= 4 is 24.7 Å². The highest BCUT2D eigenvalue weighted by molar-refractivity contribution is 6.48.